The maximum Gasteiger partial charge on any atom is 0.265 e. The molecule has 0 aliphatic rings. The normalized spacial score (nSPS) is 10.1. The first-order valence-corrected chi connectivity index (χ1v) is 5.61. The van der Waals surface area contributed by atoms with Gasteiger partial charge in [-0.3, -0.25) is 4.79 Å². The summed E-state index contributed by atoms with van der Waals surface area (Å²) in [5.74, 6) is -0.148. The third-order valence-electron chi connectivity index (χ3n) is 2.25. The third kappa shape index (κ3) is 1.94. The van der Waals surface area contributed by atoms with Crippen LogP contribution in [-0.4, -0.2) is 22.5 Å². The van der Waals surface area contributed by atoms with Crippen LogP contribution in [0.25, 0.3) is 11.3 Å². The van der Waals surface area contributed by atoms with E-state index in [-0.39, 0.29) is 5.91 Å². The highest BCUT2D eigenvalue weighted by Gasteiger charge is 2.16. The maximum atomic E-state index is 11.6. The van der Waals surface area contributed by atoms with Crippen LogP contribution in [0.15, 0.2) is 24.3 Å². The second-order valence-corrected chi connectivity index (χ2v) is 4.15. The van der Waals surface area contributed by atoms with Gasteiger partial charge in [0, 0.05) is 12.6 Å². The molecule has 0 radical (unpaired) electrons. The van der Waals surface area contributed by atoms with Gasteiger partial charge in [-0.1, -0.05) is 34.3 Å². The van der Waals surface area contributed by atoms with Crippen molar-refractivity contribution in [2.75, 3.05) is 7.05 Å². The first-order chi connectivity index (χ1) is 7.72. The van der Waals surface area contributed by atoms with Gasteiger partial charge in [-0.15, -0.1) is 5.10 Å². The number of aromatic nitrogens is 2. The summed E-state index contributed by atoms with van der Waals surface area (Å²) in [7, 11) is 1.60. The molecule has 0 spiro atoms. The molecule has 1 aromatic heterocycles. The quantitative estimate of drug-likeness (QED) is 0.861. The number of carbonyl (C=O) groups is 1. The van der Waals surface area contributed by atoms with Crippen LogP contribution in [0.5, 0.6) is 0 Å². The van der Waals surface area contributed by atoms with Gasteiger partial charge in [0.2, 0.25) is 0 Å². The lowest BCUT2D eigenvalue weighted by Gasteiger charge is -2.00. The molecule has 1 aromatic carbocycles. The summed E-state index contributed by atoms with van der Waals surface area (Å²) in [6, 6.07) is 7.86. The van der Waals surface area contributed by atoms with E-state index in [9.17, 15) is 4.79 Å². The molecule has 0 saturated carbocycles. The van der Waals surface area contributed by atoms with E-state index in [4.69, 9.17) is 0 Å². The molecule has 0 aliphatic heterocycles. The Morgan fingerprint density at radius 2 is 2.00 bits per heavy atom. The average molecular weight is 233 g/mol. The molecule has 2 rings (SSSR count). The number of nitrogens with one attached hydrogen (secondary N) is 1. The Hall–Kier alpha value is -1.75. The van der Waals surface area contributed by atoms with E-state index >= 15 is 0 Å². The van der Waals surface area contributed by atoms with Crippen LogP contribution in [0, 0.1) is 6.92 Å². The minimum absolute atomic E-state index is 0.148. The van der Waals surface area contributed by atoms with Gasteiger partial charge in [0.05, 0.1) is 0 Å². The smallest absolute Gasteiger partial charge is 0.265 e. The van der Waals surface area contributed by atoms with Gasteiger partial charge in [-0.05, 0) is 18.5 Å². The number of aryl methyl sites for hydroxylation is 1. The van der Waals surface area contributed by atoms with E-state index in [1.54, 1.807) is 7.05 Å². The fraction of sp³-hybridized carbons (Fsp3) is 0.182. The summed E-state index contributed by atoms with van der Waals surface area (Å²) >= 11 is 1.11. The van der Waals surface area contributed by atoms with Crippen molar-refractivity contribution in [3.05, 3.63) is 34.7 Å². The highest BCUT2D eigenvalue weighted by molar-refractivity contribution is 7.08. The second-order valence-electron chi connectivity index (χ2n) is 3.40. The van der Waals surface area contributed by atoms with E-state index in [1.807, 2.05) is 31.2 Å². The molecule has 82 valence electrons. The van der Waals surface area contributed by atoms with Gasteiger partial charge >= 0.3 is 0 Å². The van der Waals surface area contributed by atoms with E-state index in [0.717, 1.165) is 17.1 Å². The predicted octanol–water partition coefficient (Wildman–Crippen LogP) is 1.87. The van der Waals surface area contributed by atoms with Crippen LogP contribution in [0.1, 0.15) is 15.2 Å². The summed E-state index contributed by atoms with van der Waals surface area (Å²) in [6.07, 6.45) is 0. The Kier molecular flexibility index (Phi) is 2.96. The van der Waals surface area contributed by atoms with Crippen LogP contribution in [0.3, 0.4) is 0 Å². The lowest BCUT2D eigenvalue weighted by Crippen LogP contribution is -2.17. The van der Waals surface area contributed by atoms with Gasteiger partial charge < -0.3 is 5.32 Å². The largest absolute Gasteiger partial charge is 0.354 e. The van der Waals surface area contributed by atoms with Crippen LogP contribution in [-0.2, 0) is 0 Å². The van der Waals surface area contributed by atoms with Crippen LogP contribution < -0.4 is 5.32 Å². The molecule has 1 amide bonds. The molecular weight excluding hydrogens is 222 g/mol. The molecule has 0 bridgehead atoms. The summed E-state index contributed by atoms with van der Waals surface area (Å²) in [4.78, 5) is 12.1. The molecule has 16 heavy (non-hydrogen) atoms. The fourth-order valence-corrected chi connectivity index (χ4v) is 1.99. The van der Waals surface area contributed by atoms with Crippen molar-refractivity contribution >= 4 is 17.4 Å². The first-order valence-electron chi connectivity index (χ1n) is 4.84. The Morgan fingerprint density at radius 1 is 1.31 bits per heavy atom. The zero-order chi connectivity index (χ0) is 11.5. The number of hydrogen-bond acceptors (Lipinski definition) is 4. The third-order valence-corrected chi connectivity index (χ3v) is 2.97. The second kappa shape index (κ2) is 4.40. The standard InChI is InChI=1S/C11H11N3OS/c1-7-3-5-8(6-4-7)9-10(11(15)12-2)16-14-13-9/h3-6H,1-2H3,(H,12,15). The molecule has 4 nitrogen and oxygen atoms in total. The van der Waals surface area contributed by atoms with Gasteiger partial charge in [-0.25, -0.2) is 0 Å². The number of nitrogens with zero attached hydrogens (tertiary/aromatic N) is 2. The van der Waals surface area contributed by atoms with Crippen molar-refractivity contribution in [1.82, 2.24) is 14.9 Å². The zero-order valence-electron chi connectivity index (χ0n) is 9.02. The van der Waals surface area contributed by atoms with Gasteiger partial charge in [0.15, 0.2) is 0 Å². The van der Waals surface area contributed by atoms with E-state index in [0.29, 0.717) is 10.6 Å². The monoisotopic (exact) mass is 233 g/mol. The van der Waals surface area contributed by atoms with Crippen molar-refractivity contribution in [3.8, 4) is 11.3 Å². The van der Waals surface area contributed by atoms with Gasteiger partial charge in [0.25, 0.3) is 5.91 Å². The highest BCUT2D eigenvalue weighted by atomic mass is 32.1. The topological polar surface area (TPSA) is 54.9 Å². The van der Waals surface area contributed by atoms with Crippen LogP contribution in [0.4, 0.5) is 0 Å². The molecule has 1 N–H and O–H groups in total. The number of hydrogen-bond donors (Lipinski definition) is 1. The molecule has 2 aromatic rings. The highest BCUT2D eigenvalue weighted by Crippen LogP contribution is 2.23. The average Bonchev–Trinajstić information content (AvgIpc) is 2.78. The Bertz CT molecular complexity index is 504. The van der Waals surface area contributed by atoms with Gasteiger partial charge in [-0.2, -0.15) is 0 Å². The van der Waals surface area contributed by atoms with Gasteiger partial charge in [0.1, 0.15) is 10.6 Å². The van der Waals surface area contributed by atoms with Crippen molar-refractivity contribution in [3.63, 3.8) is 0 Å². The van der Waals surface area contributed by atoms with Crippen molar-refractivity contribution < 1.29 is 4.79 Å². The van der Waals surface area contributed by atoms with Crippen molar-refractivity contribution in [2.45, 2.75) is 6.92 Å². The molecular formula is C11H11N3OS. The number of rotatable bonds is 2. The lowest BCUT2D eigenvalue weighted by atomic mass is 10.1. The molecule has 0 saturated heterocycles. The summed E-state index contributed by atoms with van der Waals surface area (Å²) in [5.41, 5.74) is 2.73. The number of carbonyl (C=O) groups excluding carboxylic acids is 1. The van der Waals surface area contributed by atoms with E-state index < -0.39 is 0 Å². The molecule has 0 aliphatic carbocycles. The summed E-state index contributed by atoms with van der Waals surface area (Å²) in [5, 5.41) is 6.57. The SMILES string of the molecule is CNC(=O)c1snnc1-c1ccc(C)cc1. The van der Waals surface area contributed by atoms with Crippen LogP contribution >= 0.6 is 11.5 Å². The zero-order valence-corrected chi connectivity index (χ0v) is 9.84. The molecule has 0 fully saturated rings. The minimum Gasteiger partial charge on any atom is -0.354 e. The van der Waals surface area contributed by atoms with E-state index in [1.165, 1.54) is 5.56 Å². The van der Waals surface area contributed by atoms with Crippen LogP contribution in [0.2, 0.25) is 0 Å². The first kappa shape index (κ1) is 10.8. The lowest BCUT2D eigenvalue weighted by molar-refractivity contribution is 0.0967. The maximum absolute atomic E-state index is 11.6. The molecule has 0 atom stereocenters. The van der Waals surface area contributed by atoms with E-state index in [2.05, 4.69) is 14.9 Å². The summed E-state index contributed by atoms with van der Waals surface area (Å²) in [6.45, 7) is 2.02. The fourth-order valence-electron chi connectivity index (χ4n) is 1.35. The number of benzene rings is 1. The van der Waals surface area contributed by atoms with Crippen molar-refractivity contribution in [2.24, 2.45) is 0 Å². The summed E-state index contributed by atoms with van der Waals surface area (Å²) < 4.78 is 3.82. The Balaban J connectivity index is 2.44. The Morgan fingerprint density at radius 3 is 2.62 bits per heavy atom. The predicted molar refractivity (Wildman–Crippen MR) is 63.5 cm³/mol. The molecule has 0 unspecified atom stereocenters. The number of amides is 1. The molecule has 5 heteroatoms. The minimum atomic E-state index is -0.148. The molecule has 1 heterocycles. The Labute approximate surface area is 97.5 Å². The van der Waals surface area contributed by atoms with Crippen molar-refractivity contribution in [1.29, 1.82) is 0 Å².